The molecule has 2 saturated carbocycles. The smallest absolute Gasteiger partial charge is 0.243 e. The molecule has 2 atom stereocenters. The van der Waals surface area contributed by atoms with Crippen molar-refractivity contribution in [3.8, 4) is 5.75 Å². The number of amides is 1. The number of aliphatic hydroxyl groups excluding tert-OH is 1. The zero-order valence-electron chi connectivity index (χ0n) is 23.1. The Morgan fingerprint density at radius 2 is 1.67 bits per heavy atom. The van der Waals surface area contributed by atoms with Crippen molar-refractivity contribution in [2.45, 2.75) is 80.9 Å². The summed E-state index contributed by atoms with van der Waals surface area (Å²) in [6, 6.07) is 15.1. The van der Waals surface area contributed by atoms with E-state index in [4.69, 9.17) is 9.47 Å². The Labute approximate surface area is 232 Å². The molecule has 4 rings (SSSR count). The van der Waals surface area contributed by atoms with Crippen LogP contribution in [0.15, 0.2) is 59.5 Å². The highest BCUT2D eigenvalue weighted by atomic mass is 32.2. The van der Waals surface area contributed by atoms with E-state index in [1.165, 1.54) is 11.4 Å². The number of carbonyl (C=O) groups excluding carboxylic acids is 1. The summed E-state index contributed by atoms with van der Waals surface area (Å²) in [4.78, 5) is 13.8. The summed E-state index contributed by atoms with van der Waals surface area (Å²) in [7, 11) is -0.750. The lowest BCUT2D eigenvalue weighted by atomic mass is 9.85. The predicted molar refractivity (Wildman–Crippen MR) is 150 cm³/mol. The number of hydrogen-bond acceptors (Lipinski definition) is 6. The molecule has 0 bridgehead atoms. The van der Waals surface area contributed by atoms with Crippen LogP contribution in [-0.2, 0) is 26.0 Å². The lowest BCUT2D eigenvalue weighted by Crippen LogP contribution is -2.55. The van der Waals surface area contributed by atoms with Gasteiger partial charge in [-0.15, -0.1) is 0 Å². The van der Waals surface area contributed by atoms with Crippen LogP contribution in [0.4, 0.5) is 0 Å². The summed E-state index contributed by atoms with van der Waals surface area (Å²) in [5.74, 6) is 0.441. The van der Waals surface area contributed by atoms with Gasteiger partial charge in [-0.05, 0) is 61.9 Å². The minimum atomic E-state index is -3.89. The van der Waals surface area contributed by atoms with Gasteiger partial charge in [-0.25, -0.2) is 8.42 Å². The zero-order chi connectivity index (χ0) is 27.9. The van der Waals surface area contributed by atoms with Crippen molar-refractivity contribution in [3.63, 3.8) is 0 Å². The van der Waals surface area contributed by atoms with Crippen LogP contribution in [0.5, 0.6) is 5.75 Å². The van der Waals surface area contributed by atoms with Gasteiger partial charge in [0.15, 0.2) is 0 Å². The Morgan fingerprint density at radius 1 is 1.03 bits per heavy atom. The van der Waals surface area contributed by atoms with Gasteiger partial charge in [-0.2, -0.15) is 4.31 Å². The number of benzene rings is 2. The van der Waals surface area contributed by atoms with Crippen LogP contribution in [0.2, 0.25) is 0 Å². The SMILES string of the molecule is COCC1(C(=O)N[C@H](Cc2ccccc2)[C@@H](O)CN(C2CCCC2)S(=O)(=O)c2ccc(OC)cc2)CCCC1. The molecule has 0 unspecified atom stereocenters. The molecule has 9 heteroatoms. The van der Waals surface area contributed by atoms with Crippen LogP contribution < -0.4 is 10.1 Å². The third-order valence-electron chi connectivity index (χ3n) is 8.31. The fraction of sp³-hybridized carbons (Fsp3) is 0.567. The van der Waals surface area contributed by atoms with Gasteiger partial charge >= 0.3 is 0 Å². The third-order valence-corrected chi connectivity index (χ3v) is 10.2. The zero-order valence-corrected chi connectivity index (χ0v) is 23.9. The lowest BCUT2D eigenvalue weighted by molar-refractivity contribution is -0.135. The summed E-state index contributed by atoms with van der Waals surface area (Å²) >= 11 is 0. The van der Waals surface area contributed by atoms with Gasteiger partial charge < -0.3 is 19.9 Å². The topological polar surface area (TPSA) is 105 Å². The number of aliphatic hydroxyl groups is 1. The maximum atomic E-state index is 13.9. The van der Waals surface area contributed by atoms with E-state index in [9.17, 15) is 18.3 Å². The number of sulfonamides is 1. The molecule has 0 spiro atoms. The Bertz CT molecular complexity index is 1160. The number of rotatable bonds is 13. The van der Waals surface area contributed by atoms with Crippen molar-refractivity contribution < 1.29 is 27.8 Å². The fourth-order valence-electron chi connectivity index (χ4n) is 6.07. The maximum Gasteiger partial charge on any atom is 0.243 e. The van der Waals surface area contributed by atoms with E-state index in [2.05, 4.69) is 5.32 Å². The van der Waals surface area contributed by atoms with Crippen LogP contribution in [0.25, 0.3) is 0 Å². The van der Waals surface area contributed by atoms with Crippen molar-refractivity contribution in [2.75, 3.05) is 27.4 Å². The number of ether oxygens (including phenoxy) is 2. The van der Waals surface area contributed by atoms with Gasteiger partial charge in [0.05, 0.1) is 36.2 Å². The number of methoxy groups -OCH3 is 2. The molecule has 0 heterocycles. The summed E-state index contributed by atoms with van der Waals surface area (Å²) in [5.41, 5.74) is 0.337. The van der Waals surface area contributed by atoms with E-state index in [-0.39, 0.29) is 23.4 Å². The lowest BCUT2D eigenvalue weighted by Gasteiger charge is -2.35. The Kier molecular flexibility index (Phi) is 10.0. The fourth-order valence-corrected chi connectivity index (χ4v) is 7.77. The maximum absolute atomic E-state index is 13.9. The molecule has 2 aromatic rings. The molecule has 8 nitrogen and oxygen atoms in total. The van der Waals surface area contributed by atoms with E-state index < -0.39 is 27.6 Å². The molecule has 1 amide bonds. The van der Waals surface area contributed by atoms with Crippen LogP contribution in [0, 0.1) is 5.41 Å². The summed E-state index contributed by atoms with van der Waals surface area (Å²) < 4.78 is 39.8. The third kappa shape index (κ3) is 7.01. The monoisotopic (exact) mass is 558 g/mol. The molecule has 2 aromatic carbocycles. The van der Waals surface area contributed by atoms with Crippen molar-refractivity contribution in [2.24, 2.45) is 5.41 Å². The normalized spacial score (nSPS) is 19.2. The van der Waals surface area contributed by atoms with E-state index >= 15 is 0 Å². The number of nitrogens with zero attached hydrogens (tertiary/aromatic N) is 1. The largest absolute Gasteiger partial charge is 0.497 e. The van der Waals surface area contributed by atoms with E-state index in [1.54, 1.807) is 31.4 Å². The molecule has 0 aromatic heterocycles. The molecule has 2 fully saturated rings. The van der Waals surface area contributed by atoms with Gasteiger partial charge in [0.25, 0.3) is 0 Å². The van der Waals surface area contributed by atoms with Crippen LogP contribution in [0.1, 0.15) is 56.9 Å². The van der Waals surface area contributed by atoms with Crippen LogP contribution >= 0.6 is 0 Å². The molecular weight excluding hydrogens is 516 g/mol. The first-order valence-corrected chi connectivity index (χ1v) is 15.4. The van der Waals surface area contributed by atoms with Crippen molar-refractivity contribution in [1.82, 2.24) is 9.62 Å². The highest BCUT2D eigenvalue weighted by Gasteiger charge is 2.43. The van der Waals surface area contributed by atoms with Crippen molar-refractivity contribution in [1.29, 1.82) is 0 Å². The number of nitrogens with one attached hydrogen (secondary N) is 1. The van der Waals surface area contributed by atoms with E-state index in [0.717, 1.165) is 56.9 Å². The molecule has 2 aliphatic rings. The van der Waals surface area contributed by atoms with Crippen LogP contribution in [0.3, 0.4) is 0 Å². The molecule has 0 aliphatic heterocycles. The summed E-state index contributed by atoms with van der Waals surface area (Å²) in [6.07, 6.45) is 6.04. The van der Waals surface area contributed by atoms with Gasteiger partial charge in [-0.1, -0.05) is 56.0 Å². The Hall–Kier alpha value is -2.46. The average Bonchev–Trinajstić information content (AvgIpc) is 3.65. The molecule has 2 N–H and O–H groups in total. The van der Waals surface area contributed by atoms with Gasteiger partial charge in [0, 0.05) is 19.7 Å². The highest BCUT2D eigenvalue weighted by Crippen LogP contribution is 2.39. The molecule has 2 aliphatic carbocycles. The average molecular weight is 559 g/mol. The molecular formula is C30H42N2O6S. The van der Waals surface area contributed by atoms with Gasteiger partial charge in [0.1, 0.15) is 5.75 Å². The second kappa shape index (κ2) is 13.3. The molecule has 0 radical (unpaired) electrons. The standard InChI is InChI=1S/C30H42N2O6S/c1-37-22-30(18-8-9-19-30)29(34)31-27(20-23-10-4-3-5-11-23)28(33)21-32(24-12-6-7-13-24)39(35,36)26-16-14-25(38-2)15-17-26/h3-5,10-11,14-17,24,27-28,33H,6-9,12-13,18-22H2,1-2H3,(H,31,34)/t27-,28+/m1/s1. The van der Waals surface area contributed by atoms with Gasteiger partial charge in [0.2, 0.25) is 15.9 Å². The first-order valence-electron chi connectivity index (χ1n) is 14.0. The highest BCUT2D eigenvalue weighted by molar-refractivity contribution is 7.89. The van der Waals surface area contributed by atoms with Crippen molar-refractivity contribution >= 4 is 15.9 Å². The predicted octanol–water partition coefficient (Wildman–Crippen LogP) is 3.92. The second-order valence-corrected chi connectivity index (χ2v) is 12.8. The summed E-state index contributed by atoms with van der Waals surface area (Å²) in [6.45, 7) is 0.223. The van der Waals surface area contributed by atoms with E-state index in [1.807, 2.05) is 30.3 Å². The first kappa shape index (κ1) is 29.5. The quantitative estimate of drug-likeness (QED) is 0.386. The minimum absolute atomic E-state index is 0.103. The number of carbonyl (C=O) groups is 1. The van der Waals surface area contributed by atoms with Gasteiger partial charge in [-0.3, -0.25) is 4.79 Å². The Balaban J connectivity index is 1.61. The van der Waals surface area contributed by atoms with E-state index in [0.29, 0.717) is 18.8 Å². The van der Waals surface area contributed by atoms with Crippen molar-refractivity contribution in [3.05, 3.63) is 60.2 Å². The Morgan fingerprint density at radius 3 is 2.26 bits per heavy atom. The number of hydrogen-bond donors (Lipinski definition) is 2. The van der Waals surface area contributed by atoms with Crippen LogP contribution in [-0.4, -0.2) is 69.3 Å². The summed E-state index contributed by atoms with van der Waals surface area (Å²) in [5, 5.41) is 14.8. The molecule has 0 saturated heterocycles. The molecule has 214 valence electrons. The first-order chi connectivity index (χ1) is 18.8. The second-order valence-electron chi connectivity index (χ2n) is 10.9. The molecule has 39 heavy (non-hydrogen) atoms. The minimum Gasteiger partial charge on any atom is -0.497 e.